The summed E-state index contributed by atoms with van der Waals surface area (Å²) >= 11 is 0. The number of aryl methyl sites for hydroxylation is 1. The van der Waals surface area contributed by atoms with E-state index in [9.17, 15) is 9.90 Å². The third kappa shape index (κ3) is 2.89. The van der Waals surface area contributed by atoms with Gasteiger partial charge in [-0.2, -0.15) is 0 Å². The van der Waals surface area contributed by atoms with Crippen LogP contribution in [0.1, 0.15) is 85.7 Å². The van der Waals surface area contributed by atoms with E-state index in [0.29, 0.717) is 23.5 Å². The summed E-state index contributed by atoms with van der Waals surface area (Å²) in [6.07, 6.45) is 11.0. The quantitative estimate of drug-likeness (QED) is 0.728. The number of carboxylic acid groups (broad SMARTS) is 1. The largest absolute Gasteiger partial charge is 0.478 e. The fourth-order valence-electron chi connectivity index (χ4n) is 6.80. The van der Waals surface area contributed by atoms with Gasteiger partial charge in [0, 0.05) is 6.61 Å². The van der Waals surface area contributed by atoms with Crippen molar-refractivity contribution in [1.29, 1.82) is 0 Å². The number of carboxylic acids is 1. The van der Waals surface area contributed by atoms with Gasteiger partial charge in [-0.1, -0.05) is 19.4 Å². The number of carbonyl (C=O) groups is 1. The number of hydrogen-bond donors (Lipinski definition) is 2. The van der Waals surface area contributed by atoms with Crippen LogP contribution < -0.4 is 0 Å². The van der Waals surface area contributed by atoms with Crippen LogP contribution in [0.15, 0.2) is 18.2 Å². The van der Waals surface area contributed by atoms with Crippen LogP contribution in [0.5, 0.6) is 0 Å². The van der Waals surface area contributed by atoms with Gasteiger partial charge in [0.2, 0.25) is 0 Å². The van der Waals surface area contributed by atoms with Gasteiger partial charge in [-0.25, -0.2) is 4.79 Å². The molecular formula is C23H32O3. The molecule has 0 saturated heterocycles. The van der Waals surface area contributed by atoms with E-state index in [1.54, 1.807) is 0 Å². The zero-order valence-electron chi connectivity index (χ0n) is 15.9. The van der Waals surface area contributed by atoms with Crippen molar-refractivity contribution < 1.29 is 15.0 Å². The third-order valence-corrected chi connectivity index (χ3v) is 8.13. The fraction of sp³-hybridized carbons (Fsp3) is 0.696. The molecule has 2 saturated carbocycles. The van der Waals surface area contributed by atoms with Crippen molar-refractivity contribution in [2.24, 2.45) is 23.2 Å². The van der Waals surface area contributed by atoms with E-state index in [1.165, 1.54) is 56.1 Å². The lowest BCUT2D eigenvalue weighted by Gasteiger charge is -2.51. The average Bonchev–Trinajstić information content (AvgIpc) is 2.98. The van der Waals surface area contributed by atoms with E-state index in [-0.39, 0.29) is 0 Å². The third-order valence-electron chi connectivity index (χ3n) is 8.13. The second-order valence-electron chi connectivity index (χ2n) is 9.17. The standard InChI is InChI=1S/C23H32O3/c1-23-12-11-19-18-8-6-16(22(25)26)14-15(18)5-9-20(19)21(23)10-7-17(23)4-2-3-13-24/h6,8,14,17,19-21,24H,2-5,7,9-13H2,1H3,(H,25,26)/t17-,19+,20+,21-,23+/m0/s1. The average molecular weight is 357 g/mol. The number of aliphatic hydroxyl groups is 1. The first-order valence-corrected chi connectivity index (χ1v) is 10.5. The number of aromatic carboxylic acids is 1. The lowest BCUT2D eigenvalue weighted by atomic mass is 9.54. The molecule has 0 heterocycles. The van der Waals surface area contributed by atoms with E-state index >= 15 is 0 Å². The summed E-state index contributed by atoms with van der Waals surface area (Å²) in [5.74, 6) is 2.26. The maximum Gasteiger partial charge on any atom is 0.335 e. The maximum absolute atomic E-state index is 11.3. The minimum absolute atomic E-state index is 0.326. The summed E-state index contributed by atoms with van der Waals surface area (Å²) < 4.78 is 0. The zero-order chi connectivity index (χ0) is 18.3. The summed E-state index contributed by atoms with van der Waals surface area (Å²) in [6.45, 7) is 2.88. The predicted molar refractivity (Wildman–Crippen MR) is 102 cm³/mol. The van der Waals surface area contributed by atoms with Gasteiger partial charge in [-0.05, 0) is 104 Å². The Morgan fingerprint density at radius 3 is 2.81 bits per heavy atom. The highest BCUT2D eigenvalue weighted by molar-refractivity contribution is 5.88. The van der Waals surface area contributed by atoms with Crippen molar-refractivity contribution in [1.82, 2.24) is 0 Å². The first kappa shape index (κ1) is 18.0. The van der Waals surface area contributed by atoms with Crippen molar-refractivity contribution >= 4 is 5.97 Å². The van der Waals surface area contributed by atoms with Gasteiger partial charge in [0.05, 0.1) is 5.56 Å². The van der Waals surface area contributed by atoms with Crippen LogP contribution in [-0.2, 0) is 6.42 Å². The Kier molecular flexibility index (Phi) is 4.85. The molecular weight excluding hydrogens is 324 g/mol. The Morgan fingerprint density at radius 2 is 2.04 bits per heavy atom. The van der Waals surface area contributed by atoms with Crippen LogP contribution in [-0.4, -0.2) is 22.8 Å². The van der Waals surface area contributed by atoms with Crippen LogP contribution in [0.2, 0.25) is 0 Å². The zero-order valence-corrected chi connectivity index (χ0v) is 15.9. The molecule has 0 radical (unpaired) electrons. The monoisotopic (exact) mass is 356 g/mol. The molecule has 2 N–H and O–H groups in total. The van der Waals surface area contributed by atoms with Gasteiger partial charge in [0.15, 0.2) is 0 Å². The Morgan fingerprint density at radius 1 is 1.19 bits per heavy atom. The summed E-state index contributed by atoms with van der Waals surface area (Å²) in [5, 5.41) is 18.4. The number of fused-ring (bicyclic) bond motifs is 5. The number of hydrogen-bond acceptors (Lipinski definition) is 2. The van der Waals surface area contributed by atoms with Crippen molar-refractivity contribution in [2.75, 3.05) is 6.61 Å². The molecule has 0 aliphatic heterocycles. The lowest BCUT2D eigenvalue weighted by molar-refractivity contribution is 0.0249. The summed E-state index contributed by atoms with van der Waals surface area (Å²) in [5.41, 5.74) is 3.65. The molecule has 0 amide bonds. The van der Waals surface area contributed by atoms with Gasteiger partial charge >= 0.3 is 5.97 Å². The summed E-state index contributed by atoms with van der Waals surface area (Å²) in [4.78, 5) is 11.3. The molecule has 1 aromatic carbocycles. The molecule has 0 unspecified atom stereocenters. The summed E-state index contributed by atoms with van der Waals surface area (Å²) in [7, 11) is 0. The van der Waals surface area contributed by atoms with Crippen molar-refractivity contribution in [2.45, 2.75) is 70.6 Å². The number of aliphatic hydroxyl groups excluding tert-OH is 1. The van der Waals surface area contributed by atoms with E-state index < -0.39 is 5.97 Å². The van der Waals surface area contributed by atoms with Gasteiger partial charge in [0.25, 0.3) is 0 Å². The van der Waals surface area contributed by atoms with E-state index in [2.05, 4.69) is 13.0 Å². The molecule has 3 heteroatoms. The van der Waals surface area contributed by atoms with Crippen molar-refractivity contribution in [3.8, 4) is 0 Å². The predicted octanol–water partition coefficient (Wildman–Crippen LogP) is 5.02. The van der Waals surface area contributed by atoms with E-state index in [0.717, 1.165) is 30.6 Å². The number of rotatable bonds is 5. The smallest absolute Gasteiger partial charge is 0.335 e. The van der Waals surface area contributed by atoms with Crippen LogP contribution in [0.4, 0.5) is 0 Å². The molecule has 2 fully saturated rings. The highest BCUT2D eigenvalue weighted by atomic mass is 16.4. The fourth-order valence-corrected chi connectivity index (χ4v) is 6.80. The minimum Gasteiger partial charge on any atom is -0.478 e. The number of benzene rings is 1. The van der Waals surface area contributed by atoms with Gasteiger partial charge in [-0.3, -0.25) is 0 Å². The van der Waals surface area contributed by atoms with E-state index in [4.69, 9.17) is 5.11 Å². The Hall–Kier alpha value is -1.35. The van der Waals surface area contributed by atoms with E-state index in [1.807, 2.05) is 12.1 Å². The van der Waals surface area contributed by atoms with Crippen LogP contribution in [0.25, 0.3) is 0 Å². The molecule has 26 heavy (non-hydrogen) atoms. The Balaban J connectivity index is 1.54. The maximum atomic E-state index is 11.3. The first-order valence-electron chi connectivity index (χ1n) is 10.5. The molecule has 1 aromatic rings. The molecule has 0 bridgehead atoms. The summed E-state index contributed by atoms with van der Waals surface area (Å²) in [6, 6.07) is 5.85. The molecule has 3 aliphatic rings. The van der Waals surface area contributed by atoms with Crippen LogP contribution in [0, 0.1) is 23.2 Å². The molecule has 0 aromatic heterocycles. The SMILES string of the molecule is C[C@]12CC[C@@H]3c4ccc(C(=O)O)cc4CC[C@H]3[C@@H]1CC[C@@H]2CCCCO. The Bertz CT molecular complexity index is 682. The van der Waals surface area contributed by atoms with Crippen LogP contribution in [0.3, 0.4) is 0 Å². The van der Waals surface area contributed by atoms with Gasteiger partial charge in [-0.15, -0.1) is 0 Å². The first-order chi connectivity index (χ1) is 12.5. The van der Waals surface area contributed by atoms with Crippen molar-refractivity contribution in [3.63, 3.8) is 0 Å². The highest BCUT2D eigenvalue weighted by Gasteiger charge is 2.54. The minimum atomic E-state index is -0.812. The molecule has 142 valence electrons. The molecule has 0 spiro atoms. The highest BCUT2D eigenvalue weighted by Crippen LogP contribution is 2.63. The Labute approximate surface area is 156 Å². The second-order valence-corrected chi connectivity index (χ2v) is 9.17. The molecule has 3 nitrogen and oxygen atoms in total. The lowest BCUT2D eigenvalue weighted by Crippen LogP contribution is -2.42. The van der Waals surface area contributed by atoms with Crippen LogP contribution >= 0.6 is 0 Å². The normalized spacial score (nSPS) is 35.5. The molecule has 5 atom stereocenters. The molecule has 3 aliphatic carbocycles. The molecule has 4 rings (SSSR count). The van der Waals surface area contributed by atoms with Gasteiger partial charge in [0.1, 0.15) is 0 Å². The topological polar surface area (TPSA) is 57.5 Å². The number of unbranched alkanes of at least 4 members (excludes halogenated alkanes) is 1. The van der Waals surface area contributed by atoms with Gasteiger partial charge < -0.3 is 10.2 Å². The second kappa shape index (κ2) is 6.99. The van der Waals surface area contributed by atoms with Crippen molar-refractivity contribution in [3.05, 3.63) is 34.9 Å².